The Hall–Kier alpha value is -2.12. The van der Waals surface area contributed by atoms with Gasteiger partial charge in [-0.15, -0.1) is 0 Å². The van der Waals surface area contributed by atoms with Crippen LogP contribution >= 0.6 is 11.3 Å². The summed E-state index contributed by atoms with van der Waals surface area (Å²) in [4.78, 5) is 17.7. The van der Waals surface area contributed by atoms with Crippen LogP contribution in [0.1, 0.15) is 25.8 Å². The van der Waals surface area contributed by atoms with Crippen molar-refractivity contribution in [2.24, 2.45) is 4.99 Å². The number of likely N-dealkylation sites (N-methyl/N-ethyl adjacent to an activating group) is 1. The fourth-order valence-corrected chi connectivity index (χ4v) is 3.16. The van der Waals surface area contributed by atoms with E-state index < -0.39 is 0 Å². The maximum absolute atomic E-state index is 12.2. The van der Waals surface area contributed by atoms with Gasteiger partial charge in [0.15, 0.2) is 0 Å². The van der Waals surface area contributed by atoms with E-state index >= 15 is 0 Å². The van der Waals surface area contributed by atoms with Crippen LogP contribution in [0.3, 0.4) is 0 Å². The number of hydrogen-bond acceptors (Lipinski definition) is 5. The molecule has 0 saturated carbocycles. The third-order valence-electron chi connectivity index (χ3n) is 4.05. The maximum atomic E-state index is 12.2. The first-order chi connectivity index (χ1) is 12.3. The molecule has 2 amide bonds. The number of carbonyl (C=O) groups is 1. The topological polar surface area (TPSA) is 77.0 Å². The zero-order chi connectivity index (χ0) is 19.5. The molecule has 0 aromatic carbocycles. The molecule has 0 spiro atoms. The number of aliphatic hydroxyl groups excluding tert-OH is 1. The summed E-state index contributed by atoms with van der Waals surface area (Å²) in [6, 6.07) is 2.05. The van der Waals surface area contributed by atoms with Crippen molar-refractivity contribution in [3.05, 3.63) is 46.0 Å². The average molecular weight is 379 g/mol. The van der Waals surface area contributed by atoms with Gasteiger partial charge < -0.3 is 20.6 Å². The Labute approximate surface area is 160 Å². The van der Waals surface area contributed by atoms with Gasteiger partial charge in [-0.2, -0.15) is 11.3 Å². The highest BCUT2D eigenvalue weighted by Crippen LogP contribution is 2.13. The lowest BCUT2D eigenvalue weighted by Gasteiger charge is -2.25. The number of amides is 2. The summed E-state index contributed by atoms with van der Waals surface area (Å²) in [5.41, 5.74) is 2.16. The molecular weight excluding hydrogens is 348 g/mol. The number of carbonyl (C=O) groups excluding carboxylic acids is 1. The van der Waals surface area contributed by atoms with Gasteiger partial charge >= 0.3 is 6.03 Å². The van der Waals surface area contributed by atoms with Crippen LogP contribution in [0, 0.1) is 0 Å². The second-order valence-electron chi connectivity index (χ2n) is 6.44. The van der Waals surface area contributed by atoms with Crippen molar-refractivity contribution in [2.75, 3.05) is 20.6 Å². The third-order valence-corrected chi connectivity index (χ3v) is 4.78. The largest absolute Gasteiger partial charge is 0.493 e. The fraction of sp³-hybridized carbons (Fsp3) is 0.474. The molecule has 0 aliphatic carbocycles. The summed E-state index contributed by atoms with van der Waals surface area (Å²) >= 11 is 1.66. The Morgan fingerprint density at radius 2 is 2.23 bits per heavy atom. The molecule has 0 fully saturated rings. The van der Waals surface area contributed by atoms with Crippen molar-refractivity contribution in [3.8, 4) is 0 Å². The van der Waals surface area contributed by atoms with Gasteiger partial charge in [-0.3, -0.25) is 0 Å². The first kappa shape index (κ1) is 21.9. The molecule has 1 aromatic heterocycles. The lowest BCUT2D eigenvalue weighted by atomic mass is 10.0. The van der Waals surface area contributed by atoms with Gasteiger partial charge in [-0.25, -0.2) is 9.79 Å². The van der Waals surface area contributed by atoms with Crippen LogP contribution in [-0.2, 0) is 6.42 Å². The summed E-state index contributed by atoms with van der Waals surface area (Å²) < 4.78 is 0. The number of aliphatic imine (C=N–C) groups is 1. The third kappa shape index (κ3) is 8.31. The average Bonchev–Trinajstić information content (AvgIpc) is 3.09. The molecule has 0 aliphatic rings. The summed E-state index contributed by atoms with van der Waals surface area (Å²) in [5, 5.41) is 19.6. The van der Waals surface area contributed by atoms with Crippen molar-refractivity contribution in [1.29, 1.82) is 0 Å². The molecule has 3 N–H and O–H groups in total. The number of rotatable bonds is 10. The van der Waals surface area contributed by atoms with Gasteiger partial charge in [0.2, 0.25) is 5.88 Å². The van der Waals surface area contributed by atoms with Crippen molar-refractivity contribution in [2.45, 2.75) is 38.8 Å². The molecule has 7 heteroatoms. The molecule has 144 valence electrons. The molecule has 6 nitrogen and oxygen atoms in total. The van der Waals surface area contributed by atoms with Crippen molar-refractivity contribution >= 4 is 24.1 Å². The number of aliphatic hydroxyl groups is 1. The van der Waals surface area contributed by atoms with E-state index in [0.717, 1.165) is 12.0 Å². The molecule has 0 bridgehead atoms. The number of allylic oxidation sites excluding steroid dienone is 2. The van der Waals surface area contributed by atoms with Crippen molar-refractivity contribution in [3.63, 3.8) is 0 Å². The summed E-state index contributed by atoms with van der Waals surface area (Å²) in [6.45, 7) is 7.70. The quantitative estimate of drug-likeness (QED) is 0.332. The van der Waals surface area contributed by atoms with Gasteiger partial charge in [0, 0.05) is 24.7 Å². The van der Waals surface area contributed by atoms with Crippen LogP contribution in [0.15, 0.2) is 45.4 Å². The second kappa shape index (κ2) is 11.5. The SMILES string of the molecule is C=N/C(O)=C\C(=C/C)C[C@@H](CNC(=O)N[C@@H](C)Cc1ccsc1)N(C)C. The van der Waals surface area contributed by atoms with E-state index in [4.69, 9.17) is 0 Å². The Morgan fingerprint density at radius 3 is 2.77 bits per heavy atom. The molecule has 1 heterocycles. The second-order valence-corrected chi connectivity index (χ2v) is 7.22. The lowest BCUT2D eigenvalue weighted by Crippen LogP contribution is -2.47. The normalized spacial score (nSPS) is 14.8. The predicted molar refractivity (Wildman–Crippen MR) is 110 cm³/mol. The predicted octanol–water partition coefficient (Wildman–Crippen LogP) is 3.34. The number of nitrogens with one attached hydrogen (secondary N) is 2. The zero-order valence-electron chi connectivity index (χ0n) is 16.0. The molecular formula is C19H30N4O2S. The van der Waals surface area contributed by atoms with Crippen LogP contribution < -0.4 is 10.6 Å². The van der Waals surface area contributed by atoms with E-state index in [2.05, 4.69) is 33.8 Å². The lowest BCUT2D eigenvalue weighted by molar-refractivity contribution is 0.229. The molecule has 0 radical (unpaired) electrons. The Kier molecular flexibility index (Phi) is 9.69. The summed E-state index contributed by atoms with van der Waals surface area (Å²) in [7, 11) is 3.93. The van der Waals surface area contributed by atoms with E-state index in [1.807, 2.05) is 44.3 Å². The van der Waals surface area contributed by atoms with E-state index in [-0.39, 0.29) is 24.0 Å². The Bertz CT molecular complexity index is 623. The monoisotopic (exact) mass is 378 g/mol. The van der Waals surface area contributed by atoms with E-state index in [1.165, 1.54) is 5.56 Å². The summed E-state index contributed by atoms with van der Waals surface area (Å²) in [5.74, 6) is -0.108. The first-order valence-corrected chi connectivity index (χ1v) is 9.54. The zero-order valence-corrected chi connectivity index (χ0v) is 16.8. The standard InChI is InChI=1S/C19H30N4O2S/c1-6-15(11-18(24)20-3)10-17(23(4)5)12-21-19(25)22-14(2)9-16-7-8-26-13-16/h6-8,11,13-14,17,24H,3,9-10,12H2,1-2,4-5H3,(H2,21,22,25)/b15-6-,18-11+/t14-,17-/m0/s1. The highest BCUT2D eigenvalue weighted by molar-refractivity contribution is 7.07. The van der Waals surface area contributed by atoms with Gasteiger partial charge in [-0.1, -0.05) is 6.08 Å². The number of hydrogen-bond donors (Lipinski definition) is 3. The van der Waals surface area contributed by atoms with Gasteiger partial charge in [0.05, 0.1) is 0 Å². The van der Waals surface area contributed by atoms with Crippen LogP contribution in [0.5, 0.6) is 0 Å². The van der Waals surface area contributed by atoms with E-state index in [0.29, 0.717) is 13.0 Å². The number of thiophene rings is 1. The maximum Gasteiger partial charge on any atom is 0.315 e. The summed E-state index contributed by atoms with van der Waals surface area (Å²) in [6.07, 6.45) is 5.00. The smallest absolute Gasteiger partial charge is 0.315 e. The van der Waals surface area contributed by atoms with Gasteiger partial charge in [-0.05, 0) is 75.5 Å². The molecule has 0 unspecified atom stereocenters. The minimum Gasteiger partial charge on any atom is -0.493 e. The minimum absolute atomic E-state index is 0.0621. The minimum atomic E-state index is -0.173. The van der Waals surface area contributed by atoms with Gasteiger partial charge in [0.25, 0.3) is 0 Å². The highest BCUT2D eigenvalue weighted by Gasteiger charge is 2.15. The van der Waals surface area contributed by atoms with E-state index in [1.54, 1.807) is 17.4 Å². The molecule has 0 aliphatic heterocycles. The van der Waals surface area contributed by atoms with Crippen LogP contribution in [0.4, 0.5) is 4.79 Å². The molecule has 1 aromatic rings. The Morgan fingerprint density at radius 1 is 1.50 bits per heavy atom. The molecule has 26 heavy (non-hydrogen) atoms. The van der Waals surface area contributed by atoms with E-state index in [9.17, 15) is 9.90 Å². The van der Waals surface area contributed by atoms with Crippen LogP contribution in [0.2, 0.25) is 0 Å². The first-order valence-electron chi connectivity index (χ1n) is 8.60. The fourth-order valence-electron chi connectivity index (χ4n) is 2.48. The molecule has 2 atom stereocenters. The Balaban J connectivity index is 2.51. The highest BCUT2D eigenvalue weighted by atomic mass is 32.1. The van der Waals surface area contributed by atoms with Crippen LogP contribution in [-0.4, -0.2) is 55.5 Å². The molecule has 1 rings (SSSR count). The van der Waals surface area contributed by atoms with Gasteiger partial charge in [0.1, 0.15) is 0 Å². The van der Waals surface area contributed by atoms with Crippen LogP contribution in [0.25, 0.3) is 0 Å². The number of urea groups is 1. The number of nitrogens with zero attached hydrogens (tertiary/aromatic N) is 2. The van der Waals surface area contributed by atoms with Crippen molar-refractivity contribution < 1.29 is 9.90 Å². The molecule has 0 saturated heterocycles. The van der Waals surface area contributed by atoms with Crippen molar-refractivity contribution in [1.82, 2.24) is 15.5 Å².